The summed E-state index contributed by atoms with van der Waals surface area (Å²) < 4.78 is 2.38. The third-order valence-electron chi connectivity index (χ3n) is 6.04. The average molecular weight is 563 g/mol. The lowest BCUT2D eigenvalue weighted by molar-refractivity contribution is 0.395. The minimum atomic E-state index is -0.246. The van der Waals surface area contributed by atoms with E-state index in [1.807, 2.05) is 36.4 Å². The maximum Gasteiger partial charge on any atom is 0.127 e. The molecule has 2 atom stereocenters. The molecular weight excluding hydrogens is 552 g/mol. The van der Waals surface area contributed by atoms with Crippen LogP contribution in [0.1, 0.15) is 5.56 Å². The molecule has 0 spiro atoms. The number of hydrogen-bond donors (Lipinski definition) is 3. The van der Waals surface area contributed by atoms with Gasteiger partial charge in [-0.1, -0.05) is 47.8 Å². The number of aliphatic hydroxyl groups excluding tert-OH is 3. The van der Waals surface area contributed by atoms with E-state index in [1.54, 1.807) is 0 Å². The maximum atomic E-state index is 11.1. The highest BCUT2D eigenvalue weighted by atomic mass is 79.9. The molecule has 0 radical (unpaired) electrons. The Kier molecular flexibility index (Phi) is 3.32. The average Bonchev–Trinajstić information content (AvgIpc) is 2.65. The highest BCUT2D eigenvalue weighted by Crippen LogP contribution is 2.56. The zero-order valence-electron chi connectivity index (χ0n) is 14.1. The van der Waals surface area contributed by atoms with Gasteiger partial charge < -0.3 is 15.3 Å². The second-order valence-electron chi connectivity index (χ2n) is 7.41. The molecule has 0 saturated carbocycles. The largest absolute Gasteiger partial charge is 0.507 e. The van der Waals surface area contributed by atoms with E-state index in [2.05, 4.69) is 47.8 Å². The summed E-state index contributed by atoms with van der Waals surface area (Å²) in [5, 5.41) is 35.0. The molecule has 0 aliphatic heterocycles. The first-order chi connectivity index (χ1) is 13.4. The van der Waals surface area contributed by atoms with Crippen LogP contribution in [-0.2, 0) is 0 Å². The molecule has 3 nitrogen and oxygen atoms in total. The van der Waals surface area contributed by atoms with Crippen molar-refractivity contribution in [2.45, 2.75) is 0 Å². The second-order valence-corrected chi connectivity index (χ2v) is 10.2. The molecule has 5 aliphatic rings. The number of halogens is 3. The van der Waals surface area contributed by atoms with Crippen LogP contribution in [0.3, 0.4) is 0 Å². The van der Waals surface area contributed by atoms with Crippen molar-refractivity contribution in [2.24, 2.45) is 11.8 Å². The van der Waals surface area contributed by atoms with Crippen LogP contribution >= 0.6 is 47.8 Å². The van der Waals surface area contributed by atoms with Crippen LogP contribution in [-0.4, -0.2) is 15.3 Å². The molecule has 2 unspecified atom stereocenters. The summed E-state index contributed by atoms with van der Waals surface area (Å²) in [6.45, 7) is 0. The van der Waals surface area contributed by atoms with Crippen molar-refractivity contribution in [2.75, 3.05) is 0 Å². The van der Waals surface area contributed by atoms with Gasteiger partial charge in [-0.2, -0.15) is 0 Å². The second kappa shape index (κ2) is 5.43. The van der Waals surface area contributed by atoms with Gasteiger partial charge in [0, 0.05) is 58.3 Å². The van der Waals surface area contributed by atoms with Gasteiger partial charge in [0.05, 0.1) is 0 Å². The molecule has 28 heavy (non-hydrogen) atoms. The number of benzene rings is 1. The van der Waals surface area contributed by atoms with E-state index in [4.69, 9.17) is 0 Å². The quantitative estimate of drug-likeness (QED) is 0.414. The predicted octanol–water partition coefficient (Wildman–Crippen LogP) is 5.06. The van der Waals surface area contributed by atoms with E-state index in [0.29, 0.717) is 10.8 Å². The Morgan fingerprint density at radius 2 is 1.25 bits per heavy atom. The lowest BCUT2D eigenvalue weighted by Crippen LogP contribution is -2.46. The van der Waals surface area contributed by atoms with E-state index in [9.17, 15) is 15.3 Å². The Balaban J connectivity index is 1.93. The summed E-state index contributed by atoms with van der Waals surface area (Å²) >= 11 is 10.6. The first-order valence-electron chi connectivity index (χ1n) is 8.68. The molecular formula is C22H11Br3O3. The molecule has 0 bridgehead atoms. The van der Waals surface area contributed by atoms with Gasteiger partial charge in [0.1, 0.15) is 17.3 Å². The first kappa shape index (κ1) is 17.1. The van der Waals surface area contributed by atoms with Crippen LogP contribution in [0.4, 0.5) is 0 Å². The van der Waals surface area contributed by atoms with Gasteiger partial charge in [-0.05, 0) is 47.2 Å². The molecule has 0 heterocycles. The summed E-state index contributed by atoms with van der Waals surface area (Å²) in [6.07, 6.45) is 7.64. The minimum absolute atomic E-state index is 0.179. The molecule has 1 aromatic carbocycles. The van der Waals surface area contributed by atoms with Crippen LogP contribution in [0.15, 0.2) is 77.9 Å². The SMILES string of the molecule is OC1=C2C=C(Br)C=C3C(O)=c4cc(Br)cc5c4=C(C32)C2C1=CC(Br)=CC2=C5O. The van der Waals surface area contributed by atoms with Crippen molar-refractivity contribution in [3.8, 4) is 0 Å². The normalized spacial score (nSPS) is 26.5. The fourth-order valence-corrected chi connectivity index (χ4v) is 6.51. The van der Waals surface area contributed by atoms with Gasteiger partial charge in [-0.15, -0.1) is 0 Å². The van der Waals surface area contributed by atoms with Crippen LogP contribution < -0.4 is 10.4 Å². The smallest absolute Gasteiger partial charge is 0.127 e. The van der Waals surface area contributed by atoms with Crippen LogP contribution in [0.5, 0.6) is 0 Å². The summed E-state index contributed by atoms with van der Waals surface area (Å²) in [5.74, 6) is 0.0673. The highest BCUT2D eigenvalue weighted by molar-refractivity contribution is 9.12. The Hall–Kier alpha value is -1.76. The van der Waals surface area contributed by atoms with Crippen molar-refractivity contribution in [1.82, 2.24) is 0 Å². The molecule has 0 fully saturated rings. The molecule has 0 aromatic heterocycles. The highest BCUT2D eigenvalue weighted by Gasteiger charge is 2.47. The van der Waals surface area contributed by atoms with Gasteiger partial charge in [-0.25, -0.2) is 0 Å². The van der Waals surface area contributed by atoms with Crippen molar-refractivity contribution in [1.29, 1.82) is 0 Å². The fraction of sp³-hybridized carbons (Fsp3) is 0.0909. The number of rotatable bonds is 0. The van der Waals surface area contributed by atoms with E-state index in [0.717, 1.165) is 46.5 Å². The molecule has 3 N–H and O–H groups in total. The van der Waals surface area contributed by atoms with E-state index in [1.165, 1.54) is 0 Å². The molecule has 0 saturated heterocycles. The van der Waals surface area contributed by atoms with Crippen LogP contribution in [0, 0.1) is 11.8 Å². The zero-order valence-corrected chi connectivity index (χ0v) is 18.9. The monoisotopic (exact) mass is 560 g/mol. The lowest BCUT2D eigenvalue weighted by atomic mass is 9.60. The Labute approximate surface area is 185 Å². The zero-order chi connectivity index (χ0) is 19.5. The molecule has 6 heteroatoms. The van der Waals surface area contributed by atoms with Gasteiger partial charge in [0.2, 0.25) is 0 Å². The van der Waals surface area contributed by atoms with Crippen LogP contribution in [0.25, 0.3) is 17.1 Å². The Morgan fingerprint density at radius 1 is 0.679 bits per heavy atom. The Morgan fingerprint density at radius 3 is 1.89 bits per heavy atom. The molecule has 138 valence electrons. The number of aliphatic hydroxyl groups is 3. The molecule has 1 aromatic rings. The van der Waals surface area contributed by atoms with Crippen molar-refractivity contribution in [3.05, 3.63) is 93.9 Å². The number of hydrogen-bond acceptors (Lipinski definition) is 3. The topological polar surface area (TPSA) is 60.7 Å². The van der Waals surface area contributed by atoms with Gasteiger partial charge in [-0.3, -0.25) is 0 Å². The maximum absolute atomic E-state index is 11.1. The van der Waals surface area contributed by atoms with Gasteiger partial charge in [0.25, 0.3) is 0 Å². The third-order valence-corrected chi connectivity index (χ3v) is 7.41. The van der Waals surface area contributed by atoms with E-state index >= 15 is 0 Å². The molecule has 6 rings (SSSR count). The van der Waals surface area contributed by atoms with Gasteiger partial charge in [0.15, 0.2) is 0 Å². The van der Waals surface area contributed by atoms with E-state index in [-0.39, 0.29) is 29.1 Å². The first-order valence-corrected chi connectivity index (χ1v) is 11.1. The summed E-state index contributed by atoms with van der Waals surface area (Å²) in [5.41, 5.74) is 4.84. The minimum Gasteiger partial charge on any atom is -0.507 e. The van der Waals surface area contributed by atoms with E-state index < -0.39 is 0 Å². The van der Waals surface area contributed by atoms with Crippen molar-refractivity contribution in [3.63, 3.8) is 0 Å². The van der Waals surface area contributed by atoms with Crippen molar-refractivity contribution < 1.29 is 15.3 Å². The Bertz CT molecular complexity index is 1370. The summed E-state index contributed by atoms with van der Waals surface area (Å²) in [6, 6.07) is 3.77. The standard InChI is InChI=1S/C22H11Br3O3/c23-7-1-10-16-11(2-7)21(27)14-5-9(25)6-15-18(14)19(16)17-12(20(10)26)3-8(24)4-13(17)22(15)28/h1-6,16-17,26-28H. The molecule has 0 amide bonds. The predicted molar refractivity (Wildman–Crippen MR) is 119 cm³/mol. The van der Waals surface area contributed by atoms with Gasteiger partial charge >= 0.3 is 0 Å². The van der Waals surface area contributed by atoms with Crippen LogP contribution in [0.2, 0.25) is 0 Å². The summed E-state index contributed by atoms with van der Waals surface area (Å²) in [7, 11) is 0. The number of allylic oxidation sites excluding steroid dienone is 9. The molecule has 5 aliphatic carbocycles. The van der Waals surface area contributed by atoms with Crippen molar-refractivity contribution >= 4 is 64.9 Å². The lowest BCUT2D eigenvalue weighted by Gasteiger charge is -2.43. The third kappa shape index (κ3) is 1.94. The summed E-state index contributed by atoms with van der Waals surface area (Å²) in [4.78, 5) is 0. The fourth-order valence-electron chi connectivity index (χ4n) is 5.06.